The third-order valence-corrected chi connectivity index (χ3v) is 5.23. The summed E-state index contributed by atoms with van der Waals surface area (Å²) in [5.74, 6) is 1.64. The lowest BCUT2D eigenvalue weighted by atomic mass is 9.74. The number of carbonyl (C=O) groups excluding carboxylic acids is 2. The van der Waals surface area contributed by atoms with Crippen LogP contribution in [0.5, 0.6) is 0 Å². The highest BCUT2D eigenvalue weighted by molar-refractivity contribution is 5.91. The lowest BCUT2D eigenvalue weighted by molar-refractivity contribution is -0.119. The third-order valence-electron chi connectivity index (χ3n) is 5.23. The predicted molar refractivity (Wildman–Crippen MR) is 101 cm³/mol. The van der Waals surface area contributed by atoms with Crippen molar-refractivity contribution in [1.29, 1.82) is 0 Å². The highest BCUT2D eigenvalue weighted by Gasteiger charge is 2.31. The van der Waals surface area contributed by atoms with Crippen molar-refractivity contribution in [2.24, 2.45) is 17.8 Å². The number of amides is 3. The Hall–Kier alpha value is -2.04. The molecule has 3 amide bonds. The fourth-order valence-electron chi connectivity index (χ4n) is 3.75. The Balaban J connectivity index is 2.03. The molecule has 0 saturated heterocycles. The van der Waals surface area contributed by atoms with Gasteiger partial charge in [0.05, 0.1) is 6.42 Å². The molecule has 25 heavy (non-hydrogen) atoms. The topological polar surface area (TPSA) is 70.2 Å². The molecule has 5 heteroatoms. The van der Waals surface area contributed by atoms with Crippen LogP contribution in [-0.2, 0) is 11.2 Å². The number of urea groups is 1. The summed E-state index contributed by atoms with van der Waals surface area (Å²) in [6.45, 7) is 6.71. The molecule has 1 aromatic carbocycles. The zero-order valence-corrected chi connectivity index (χ0v) is 15.8. The SMILES string of the molecule is CNC(=O)Cc1ccccc1NC(=O)NC1CC(C)CCC1C(C)C. The van der Waals surface area contributed by atoms with Crippen molar-refractivity contribution in [2.75, 3.05) is 12.4 Å². The highest BCUT2D eigenvalue weighted by Crippen LogP contribution is 2.33. The molecule has 3 atom stereocenters. The van der Waals surface area contributed by atoms with E-state index in [0.717, 1.165) is 18.4 Å². The second-order valence-electron chi connectivity index (χ2n) is 7.54. The molecular formula is C20H31N3O2. The maximum Gasteiger partial charge on any atom is 0.319 e. The Morgan fingerprint density at radius 1 is 1.20 bits per heavy atom. The van der Waals surface area contributed by atoms with Crippen molar-refractivity contribution in [1.82, 2.24) is 10.6 Å². The van der Waals surface area contributed by atoms with Crippen molar-refractivity contribution in [3.8, 4) is 0 Å². The van der Waals surface area contributed by atoms with Gasteiger partial charge in [-0.25, -0.2) is 4.79 Å². The van der Waals surface area contributed by atoms with Gasteiger partial charge in [0.2, 0.25) is 5.91 Å². The summed E-state index contributed by atoms with van der Waals surface area (Å²) in [7, 11) is 1.61. The summed E-state index contributed by atoms with van der Waals surface area (Å²) in [6.07, 6.45) is 3.67. The maximum atomic E-state index is 12.5. The van der Waals surface area contributed by atoms with Crippen LogP contribution in [0.25, 0.3) is 0 Å². The first kappa shape index (κ1) is 19.3. The number of anilines is 1. The minimum absolute atomic E-state index is 0.0735. The Morgan fingerprint density at radius 3 is 2.60 bits per heavy atom. The lowest BCUT2D eigenvalue weighted by Crippen LogP contribution is -2.47. The van der Waals surface area contributed by atoms with Crippen molar-refractivity contribution < 1.29 is 9.59 Å². The Labute approximate surface area is 151 Å². The number of benzene rings is 1. The average molecular weight is 345 g/mol. The zero-order valence-electron chi connectivity index (χ0n) is 15.8. The molecule has 1 aliphatic carbocycles. The van der Waals surface area contributed by atoms with Crippen LogP contribution in [0.2, 0.25) is 0 Å². The summed E-state index contributed by atoms with van der Waals surface area (Å²) in [6, 6.07) is 7.46. The normalized spacial score (nSPS) is 23.2. The average Bonchev–Trinajstić information content (AvgIpc) is 2.56. The van der Waals surface area contributed by atoms with E-state index in [1.54, 1.807) is 7.05 Å². The van der Waals surface area contributed by atoms with E-state index in [0.29, 0.717) is 23.4 Å². The Morgan fingerprint density at radius 2 is 1.92 bits per heavy atom. The number of rotatable bonds is 5. The number of hydrogen-bond donors (Lipinski definition) is 3. The molecule has 0 radical (unpaired) electrons. The molecule has 3 unspecified atom stereocenters. The molecule has 0 heterocycles. The third kappa shape index (κ3) is 5.48. The van der Waals surface area contributed by atoms with Gasteiger partial charge in [-0.05, 0) is 42.2 Å². The highest BCUT2D eigenvalue weighted by atomic mass is 16.2. The molecule has 138 valence electrons. The standard InChI is InChI=1S/C20H31N3O2/c1-13(2)16-10-9-14(3)11-18(16)23-20(25)22-17-8-6-5-7-15(17)12-19(24)21-4/h5-8,13-14,16,18H,9-12H2,1-4H3,(H,21,24)(H2,22,23,25). The van der Waals surface area contributed by atoms with E-state index in [-0.39, 0.29) is 24.4 Å². The van der Waals surface area contributed by atoms with E-state index in [4.69, 9.17) is 0 Å². The van der Waals surface area contributed by atoms with E-state index in [9.17, 15) is 9.59 Å². The molecule has 1 aliphatic rings. The molecule has 1 saturated carbocycles. The van der Waals surface area contributed by atoms with Gasteiger partial charge >= 0.3 is 6.03 Å². The van der Waals surface area contributed by atoms with E-state index in [2.05, 4.69) is 36.7 Å². The van der Waals surface area contributed by atoms with Gasteiger partial charge in [-0.3, -0.25) is 4.79 Å². The summed E-state index contributed by atoms with van der Waals surface area (Å²) in [5, 5.41) is 8.72. The lowest BCUT2D eigenvalue weighted by Gasteiger charge is -2.37. The van der Waals surface area contributed by atoms with Gasteiger partial charge < -0.3 is 16.0 Å². The second-order valence-corrected chi connectivity index (χ2v) is 7.54. The zero-order chi connectivity index (χ0) is 18.4. The molecular weight excluding hydrogens is 314 g/mol. The van der Waals surface area contributed by atoms with Crippen LogP contribution in [-0.4, -0.2) is 25.0 Å². The van der Waals surface area contributed by atoms with Gasteiger partial charge in [0.25, 0.3) is 0 Å². The molecule has 0 aliphatic heterocycles. The summed E-state index contributed by atoms with van der Waals surface area (Å²) in [4.78, 5) is 24.2. The number of nitrogens with one attached hydrogen (secondary N) is 3. The summed E-state index contributed by atoms with van der Waals surface area (Å²) >= 11 is 0. The predicted octanol–water partition coefficient (Wildman–Crippen LogP) is 3.56. The fourth-order valence-corrected chi connectivity index (χ4v) is 3.75. The van der Waals surface area contributed by atoms with Crippen LogP contribution in [0, 0.1) is 17.8 Å². The van der Waals surface area contributed by atoms with Crippen molar-refractivity contribution >= 4 is 17.6 Å². The first-order valence-corrected chi connectivity index (χ1v) is 9.26. The fraction of sp³-hybridized carbons (Fsp3) is 0.600. The summed E-state index contributed by atoms with van der Waals surface area (Å²) < 4.78 is 0. The van der Waals surface area contributed by atoms with Crippen LogP contribution in [0.1, 0.15) is 45.6 Å². The van der Waals surface area contributed by atoms with Gasteiger partial charge in [0.1, 0.15) is 0 Å². The van der Waals surface area contributed by atoms with Crippen LogP contribution >= 0.6 is 0 Å². The van der Waals surface area contributed by atoms with Crippen molar-refractivity contribution in [3.05, 3.63) is 29.8 Å². The molecule has 3 N–H and O–H groups in total. The number of likely N-dealkylation sites (N-methyl/N-ethyl adjacent to an activating group) is 1. The van der Waals surface area contributed by atoms with E-state index < -0.39 is 0 Å². The first-order chi connectivity index (χ1) is 11.9. The van der Waals surface area contributed by atoms with Crippen LogP contribution in [0.3, 0.4) is 0 Å². The van der Waals surface area contributed by atoms with Crippen LogP contribution in [0.4, 0.5) is 10.5 Å². The van der Waals surface area contributed by atoms with Gasteiger partial charge in [0, 0.05) is 18.8 Å². The Bertz CT molecular complexity index is 600. The largest absolute Gasteiger partial charge is 0.359 e. The molecule has 5 nitrogen and oxygen atoms in total. The van der Waals surface area contributed by atoms with E-state index in [1.165, 1.54) is 6.42 Å². The maximum absolute atomic E-state index is 12.5. The molecule has 1 fully saturated rings. The summed E-state index contributed by atoms with van der Waals surface area (Å²) in [5.41, 5.74) is 1.50. The molecule has 2 rings (SSSR count). The molecule has 1 aromatic rings. The minimum Gasteiger partial charge on any atom is -0.359 e. The smallest absolute Gasteiger partial charge is 0.319 e. The van der Waals surface area contributed by atoms with Gasteiger partial charge in [-0.2, -0.15) is 0 Å². The number of para-hydroxylation sites is 1. The van der Waals surface area contributed by atoms with Crippen LogP contribution in [0.15, 0.2) is 24.3 Å². The second kappa shape index (κ2) is 8.88. The quantitative estimate of drug-likeness (QED) is 0.764. The monoisotopic (exact) mass is 345 g/mol. The van der Waals surface area contributed by atoms with Crippen molar-refractivity contribution in [3.63, 3.8) is 0 Å². The van der Waals surface area contributed by atoms with E-state index >= 15 is 0 Å². The minimum atomic E-state index is -0.186. The molecule has 0 bridgehead atoms. The molecule has 0 spiro atoms. The first-order valence-electron chi connectivity index (χ1n) is 9.26. The van der Waals surface area contributed by atoms with E-state index in [1.807, 2.05) is 24.3 Å². The van der Waals surface area contributed by atoms with Gasteiger partial charge in [-0.1, -0.05) is 45.4 Å². The van der Waals surface area contributed by atoms with Gasteiger partial charge in [0.15, 0.2) is 0 Å². The number of carbonyl (C=O) groups is 2. The van der Waals surface area contributed by atoms with Crippen LogP contribution < -0.4 is 16.0 Å². The molecule has 0 aromatic heterocycles. The number of hydrogen-bond acceptors (Lipinski definition) is 2. The van der Waals surface area contributed by atoms with Gasteiger partial charge in [-0.15, -0.1) is 0 Å². The van der Waals surface area contributed by atoms with Crippen molar-refractivity contribution in [2.45, 2.75) is 52.5 Å². The Kier molecular flexibility index (Phi) is 6.85.